The predicted molar refractivity (Wildman–Crippen MR) is 121 cm³/mol. The van der Waals surface area contributed by atoms with E-state index in [9.17, 15) is 14.4 Å². The van der Waals surface area contributed by atoms with Crippen LogP contribution in [0.3, 0.4) is 0 Å². The first kappa shape index (κ1) is 21.7. The van der Waals surface area contributed by atoms with E-state index in [0.29, 0.717) is 48.8 Å². The molecule has 3 amide bonds. The molecule has 1 atom stereocenters. The molecular weight excluding hydrogens is 434 g/mol. The van der Waals surface area contributed by atoms with E-state index in [4.69, 9.17) is 17.3 Å². The highest BCUT2D eigenvalue weighted by atomic mass is 35.5. The SMILES string of the molecule is NC(=O)C1CCN(C(=O)c2ccc([C@H]3SCC(=O)N3Cc3ccc(Cl)cc3)cc2)CC1. The van der Waals surface area contributed by atoms with Crippen LogP contribution in [0, 0.1) is 5.92 Å². The lowest BCUT2D eigenvalue weighted by Gasteiger charge is -2.30. The van der Waals surface area contributed by atoms with Crippen LogP contribution in [0.25, 0.3) is 0 Å². The molecule has 2 N–H and O–H groups in total. The van der Waals surface area contributed by atoms with Crippen LogP contribution in [0.15, 0.2) is 48.5 Å². The number of halogens is 1. The number of nitrogens with zero attached hydrogens (tertiary/aromatic N) is 2. The van der Waals surface area contributed by atoms with Gasteiger partial charge in [-0.25, -0.2) is 0 Å². The Bertz CT molecular complexity index is 973. The van der Waals surface area contributed by atoms with Crippen LogP contribution in [0.1, 0.15) is 39.7 Å². The Kier molecular flexibility index (Phi) is 6.53. The number of carbonyl (C=O) groups excluding carboxylic acids is 3. The van der Waals surface area contributed by atoms with Crippen LogP contribution in [0.4, 0.5) is 0 Å². The molecule has 0 unspecified atom stereocenters. The maximum atomic E-state index is 12.8. The quantitative estimate of drug-likeness (QED) is 0.745. The van der Waals surface area contributed by atoms with Gasteiger partial charge in [-0.2, -0.15) is 0 Å². The molecule has 2 aliphatic rings. The molecule has 2 heterocycles. The molecule has 31 heavy (non-hydrogen) atoms. The average molecular weight is 458 g/mol. The van der Waals surface area contributed by atoms with Crippen molar-refractivity contribution in [3.8, 4) is 0 Å². The minimum Gasteiger partial charge on any atom is -0.369 e. The molecule has 6 nitrogen and oxygen atoms in total. The number of amides is 3. The third-order valence-corrected chi connectivity index (χ3v) is 7.37. The second-order valence-corrected chi connectivity index (χ2v) is 9.41. The first-order valence-corrected chi connectivity index (χ1v) is 11.7. The predicted octanol–water partition coefficient (Wildman–Crippen LogP) is 3.45. The Hall–Kier alpha value is -2.51. The van der Waals surface area contributed by atoms with Crippen molar-refractivity contribution in [3.63, 3.8) is 0 Å². The summed E-state index contributed by atoms with van der Waals surface area (Å²) in [6.45, 7) is 1.59. The number of piperidine rings is 1. The van der Waals surface area contributed by atoms with Crippen molar-refractivity contribution in [3.05, 3.63) is 70.2 Å². The van der Waals surface area contributed by atoms with Crippen molar-refractivity contribution in [2.75, 3.05) is 18.8 Å². The third kappa shape index (κ3) is 4.88. The molecule has 162 valence electrons. The molecule has 2 fully saturated rings. The van der Waals surface area contributed by atoms with Gasteiger partial charge < -0.3 is 15.5 Å². The standard InChI is InChI=1S/C23H24ClN3O3S/c24-19-7-1-15(2-8-19)13-27-20(28)14-31-23(27)18-5-3-17(4-6-18)22(30)26-11-9-16(10-12-26)21(25)29/h1-8,16,23H,9-14H2,(H2,25,29)/t23-/m1/s1. The van der Waals surface area contributed by atoms with Crippen LogP contribution in [0.2, 0.25) is 5.02 Å². The lowest BCUT2D eigenvalue weighted by Crippen LogP contribution is -2.41. The zero-order valence-corrected chi connectivity index (χ0v) is 18.6. The van der Waals surface area contributed by atoms with Gasteiger partial charge in [-0.3, -0.25) is 14.4 Å². The van der Waals surface area contributed by atoms with Gasteiger partial charge in [-0.15, -0.1) is 11.8 Å². The van der Waals surface area contributed by atoms with Gasteiger partial charge in [0.05, 0.1) is 5.75 Å². The molecule has 2 aromatic carbocycles. The number of nitrogens with two attached hydrogens (primary N) is 1. The Morgan fingerprint density at radius 2 is 1.68 bits per heavy atom. The largest absolute Gasteiger partial charge is 0.369 e. The van der Waals surface area contributed by atoms with Crippen LogP contribution in [0.5, 0.6) is 0 Å². The molecule has 0 saturated carbocycles. The van der Waals surface area contributed by atoms with Gasteiger partial charge in [0.15, 0.2) is 0 Å². The number of rotatable bonds is 5. The minimum atomic E-state index is -0.289. The zero-order valence-electron chi connectivity index (χ0n) is 17.0. The van der Waals surface area contributed by atoms with E-state index in [0.717, 1.165) is 11.1 Å². The van der Waals surface area contributed by atoms with Crippen LogP contribution in [-0.4, -0.2) is 46.4 Å². The lowest BCUT2D eigenvalue weighted by atomic mass is 9.96. The Labute approximate surface area is 190 Å². The number of hydrogen-bond donors (Lipinski definition) is 1. The highest BCUT2D eigenvalue weighted by molar-refractivity contribution is 8.00. The summed E-state index contributed by atoms with van der Waals surface area (Å²) in [7, 11) is 0. The molecule has 0 spiro atoms. The van der Waals surface area contributed by atoms with Gasteiger partial charge in [0.25, 0.3) is 5.91 Å². The number of likely N-dealkylation sites (tertiary alicyclic amines) is 1. The highest BCUT2D eigenvalue weighted by Crippen LogP contribution is 2.39. The Balaban J connectivity index is 1.43. The minimum absolute atomic E-state index is 0.0392. The molecule has 0 radical (unpaired) electrons. The molecule has 0 aliphatic carbocycles. The first-order chi connectivity index (χ1) is 14.9. The van der Waals surface area contributed by atoms with E-state index in [1.54, 1.807) is 16.7 Å². The summed E-state index contributed by atoms with van der Waals surface area (Å²) in [5.74, 6) is 0.0663. The number of benzene rings is 2. The van der Waals surface area contributed by atoms with Crippen LogP contribution >= 0.6 is 23.4 Å². The third-order valence-electron chi connectivity index (χ3n) is 5.86. The van der Waals surface area contributed by atoms with Crippen molar-refractivity contribution in [1.29, 1.82) is 0 Å². The van der Waals surface area contributed by atoms with E-state index in [1.807, 2.05) is 53.4 Å². The lowest BCUT2D eigenvalue weighted by molar-refractivity contribution is -0.128. The summed E-state index contributed by atoms with van der Waals surface area (Å²) in [5, 5.41) is 0.583. The topological polar surface area (TPSA) is 83.7 Å². The molecule has 2 aliphatic heterocycles. The average Bonchev–Trinajstić information content (AvgIpc) is 3.15. The fraction of sp³-hybridized carbons (Fsp3) is 0.348. The van der Waals surface area contributed by atoms with Crippen molar-refractivity contribution >= 4 is 41.1 Å². The molecule has 4 rings (SSSR count). The summed E-state index contributed by atoms with van der Waals surface area (Å²) in [6, 6.07) is 15.0. The van der Waals surface area contributed by atoms with E-state index >= 15 is 0 Å². The smallest absolute Gasteiger partial charge is 0.253 e. The van der Waals surface area contributed by atoms with Gasteiger partial charge >= 0.3 is 0 Å². The fourth-order valence-electron chi connectivity index (χ4n) is 4.03. The normalized spacial score (nSPS) is 19.6. The summed E-state index contributed by atoms with van der Waals surface area (Å²) in [5.41, 5.74) is 8.00. The number of carbonyl (C=O) groups is 3. The van der Waals surface area contributed by atoms with E-state index < -0.39 is 0 Å². The molecule has 2 aromatic rings. The van der Waals surface area contributed by atoms with E-state index in [-0.39, 0.29) is 29.0 Å². The Morgan fingerprint density at radius 3 is 2.29 bits per heavy atom. The molecule has 8 heteroatoms. The second-order valence-electron chi connectivity index (χ2n) is 7.90. The number of primary amides is 1. The van der Waals surface area contributed by atoms with Crippen molar-refractivity contribution in [2.24, 2.45) is 11.7 Å². The van der Waals surface area contributed by atoms with Gasteiger partial charge in [-0.05, 0) is 48.2 Å². The van der Waals surface area contributed by atoms with E-state index in [2.05, 4.69) is 0 Å². The van der Waals surface area contributed by atoms with Crippen LogP contribution in [-0.2, 0) is 16.1 Å². The molecule has 0 aromatic heterocycles. The Morgan fingerprint density at radius 1 is 1.03 bits per heavy atom. The molecular formula is C23H24ClN3O3S. The summed E-state index contributed by atoms with van der Waals surface area (Å²) in [4.78, 5) is 40.3. The monoisotopic (exact) mass is 457 g/mol. The van der Waals surface area contributed by atoms with Gasteiger partial charge in [0, 0.05) is 36.1 Å². The fourth-order valence-corrected chi connectivity index (χ4v) is 5.34. The summed E-state index contributed by atoms with van der Waals surface area (Å²) in [6.07, 6.45) is 1.22. The van der Waals surface area contributed by atoms with Gasteiger partial charge in [-0.1, -0.05) is 35.9 Å². The number of thioether (sulfide) groups is 1. The van der Waals surface area contributed by atoms with E-state index in [1.165, 1.54) is 0 Å². The maximum Gasteiger partial charge on any atom is 0.253 e. The van der Waals surface area contributed by atoms with Gasteiger partial charge in [0.1, 0.15) is 5.37 Å². The molecule has 0 bridgehead atoms. The first-order valence-electron chi connectivity index (χ1n) is 10.3. The van der Waals surface area contributed by atoms with Crippen LogP contribution < -0.4 is 5.73 Å². The highest BCUT2D eigenvalue weighted by Gasteiger charge is 2.33. The summed E-state index contributed by atoms with van der Waals surface area (Å²) < 4.78 is 0. The van der Waals surface area contributed by atoms with Crippen molar-refractivity contribution in [2.45, 2.75) is 24.8 Å². The number of hydrogen-bond acceptors (Lipinski definition) is 4. The molecule has 2 saturated heterocycles. The van der Waals surface area contributed by atoms with Crippen molar-refractivity contribution in [1.82, 2.24) is 9.80 Å². The second kappa shape index (κ2) is 9.32. The summed E-state index contributed by atoms with van der Waals surface area (Å²) >= 11 is 7.55. The maximum absolute atomic E-state index is 12.8. The van der Waals surface area contributed by atoms with Crippen molar-refractivity contribution < 1.29 is 14.4 Å². The van der Waals surface area contributed by atoms with Gasteiger partial charge in [0.2, 0.25) is 11.8 Å². The zero-order chi connectivity index (χ0) is 22.0.